The molecule has 0 atom stereocenters. The molecule has 1 N–H and O–H groups in total. The third-order valence-electron chi connectivity index (χ3n) is 4.59. The van der Waals surface area contributed by atoms with Crippen molar-refractivity contribution in [1.29, 1.82) is 0 Å². The Morgan fingerprint density at radius 1 is 1.08 bits per heavy atom. The molecule has 3 aromatic rings. The number of rotatable bonds is 3. The molecule has 2 heterocycles. The van der Waals surface area contributed by atoms with Gasteiger partial charge in [-0.15, -0.1) is 0 Å². The van der Waals surface area contributed by atoms with Gasteiger partial charge in [-0.05, 0) is 55.3 Å². The van der Waals surface area contributed by atoms with Crippen LogP contribution in [-0.4, -0.2) is 24.0 Å². The second-order valence-corrected chi connectivity index (χ2v) is 7.38. The van der Waals surface area contributed by atoms with Crippen LogP contribution in [-0.2, 0) is 4.79 Å². The molecule has 0 aliphatic carbocycles. The van der Waals surface area contributed by atoms with Crippen molar-refractivity contribution in [3.8, 4) is 0 Å². The van der Waals surface area contributed by atoms with Gasteiger partial charge in [0.15, 0.2) is 5.13 Å². The Kier molecular flexibility index (Phi) is 4.55. The lowest BCUT2D eigenvalue weighted by atomic mass is 9.96. The average Bonchev–Trinajstić information content (AvgIpc) is 3.07. The van der Waals surface area contributed by atoms with Crippen molar-refractivity contribution in [1.82, 2.24) is 4.98 Å². The topological polar surface area (TPSA) is 45.2 Å². The van der Waals surface area contributed by atoms with Crippen LogP contribution in [0, 0.1) is 17.6 Å². The number of hydrogen-bond acceptors (Lipinski definition) is 4. The van der Waals surface area contributed by atoms with Gasteiger partial charge in [0, 0.05) is 24.7 Å². The first-order valence-electron chi connectivity index (χ1n) is 8.46. The number of fused-ring (bicyclic) bond motifs is 1. The van der Waals surface area contributed by atoms with Crippen molar-refractivity contribution >= 4 is 38.3 Å². The van der Waals surface area contributed by atoms with Gasteiger partial charge in [0.05, 0.1) is 10.2 Å². The van der Waals surface area contributed by atoms with Crippen molar-refractivity contribution in [2.75, 3.05) is 23.3 Å². The Labute approximate surface area is 153 Å². The predicted octanol–water partition coefficient (Wildman–Crippen LogP) is 4.43. The third-order valence-corrected chi connectivity index (χ3v) is 5.67. The summed E-state index contributed by atoms with van der Waals surface area (Å²) in [6, 6.07) is 10.4. The molecule has 7 heteroatoms. The number of piperidine rings is 1. The maximum Gasteiger partial charge on any atom is 0.227 e. The van der Waals surface area contributed by atoms with Gasteiger partial charge >= 0.3 is 0 Å². The Morgan fingerprint density at radius 2 is 1.77 bits per heavy atom. The fourth-order valence-corrected chi connectivity index (χ4v) is 4.17. The van der Waals surface area contributed by atoms with Gasteiger partial charge in [-0.3, -0.25) is 4.79 Å². The van der Waals surface area contributed by atoms with E-state index in [0.29, 0.717) is 5.69 Å². The van der Waals surface area contributed by atoms with E-state index in [1.807, 2.05) is 0 Å². The molecular weight excluding hydrogens is 356 g/mol. The summed E-state index contributed by atoms with van der Waals surface area (Å²) in [5, 5.41) is 3.71. The second-order valence-electron chi connectivity index (χ2n) is 6.37. The van der Waals surface area contributed by atoms with E-state index in [4.69, 9.17) is 0 Å². The van der Waals surface area contributed by atoms with Crippen molar-refractivity contribution < 1.29 is 13.6 Å². The first-order chi connectivity index (χ1) is 12.6. The van der Waals surface area contributed by atoms with Crippen LogP contribution in [0.3, 0.4) is 0 Å². The quantitative estimate of drug-likeness (QED) is 0.739. The molecule has 1 amide bonds. The Bertz CT molecular complexity index is 934. The van der Waals surface area contributed by atoms with E-state index >= 15 is 0 Å². The highest BCUT2D eigenvalue weighted by Gasteiger charge is 2.26. The summed E-state index contributed by atoms with van der Waals surface area (Å²) >= 11 is 1.47. The summed E-state index contributed by atoms with van der Waals surface area (Å²) < 4.78 is 27.1. The van der Waals surface area contributed by atoms with Gasteiger partial charge in [0.1, 0.15) is 11.6 Å². The minimum atomic E-state index is -0.327. The highest BCUT2D eigenvalue weighted by Crippen LogP contribution is 2.32. The molecule has 4 nitrogen and oxygen atoms in total. The van der Waals surface area contributed by atoms with Crippen LogP contribution < -0.4 is 10.2 Å². The van der Waals surface area contributed by atoms with Gasteiger partial charge in [-0.25, -0.2) is 13.8 Å². The van der Waals surface area contributed by atoms with Crippen molar-refractivity contribution in [2.45, 2.75) is 12.8 Å². The predicted molar refractivity (Wildman–Crippen MR) is 99.5 cm³/mol. The van der Waals surface area contributed by atoms with Crippen molar-refractivity contribution in [3.05, 3.63) is 54.1 Å². The highest BCUT2D eigenvalue weighted by atomic mass is 32.1. The number of hydrogen-bond donors (Lipinski definition) is 1. The number of thiazole rings is 1. The molecule has 1 saturated heterocycles. The number of nitrogens with zero attached hydrogens (tertiary/aromatic N) is 2. The molecule has 1 fully saturated rings. The molecule has 1 aliphatic heterocycles. The maximum absolute atomic E-state index is 13.3. The molecule has 2 aromatic carbocycles. The van der Waals surface area contributed by atoms with Crippen molar-refractivity contribution in [2.24, 2.45) is 5.92 Å². The minimum Gasteiger partial charge on any atom is -0.348 e. The van der Waals surface area contributed by atoms with Gasteiger partial charge in [-0.2, -0.15) is 0 Å². The fraction of sp³-hybridized carbons (Fsp3) is 0.263. The number of carbonyl (C=O) groups excluding carboxylic acids is 1. The Hall–Kier alpha value is -2.54. The molecule has 26 heavy (non-hydrogen) atoms. The Balaban J connectivity index is 1.38. The largest absolute Gasteiger partial charge is 0.348 e. The van der Waals surface area contributed by atoms with Crippen LogP contribution in [0.4, 0.5) is 19.6 Å². The molecule has 4 rings (SSSR count). The van der Waals surface area contributed by atoms with Crippen LogP contribution in [0.2, 0.25) is 0 Å². The molecule has 1 aliphatic rings. The average molecular weight is 373 g/mol. The number of halogens is 2. The van der Waals surface area contributed by atoms with E-state index in [9.17, 15) is 13.6 Å². The van der Waals surface area contributed by atoms with E-state index in [0.717, 1.165) is 41.3 Å². The lowest BCUT2D eigenvalue weighted by Crippen LogP contribution is -2.38. The molecule has 0 spiro atoms. The Morgan fingerprint density at radius 3 is 2.50 bits per heavy atom. The van der Waals surface area contributed by atoms with Gasteiger partial charge in [-0.1, -0.05) is 11.3 Å². The van der Waals surface area contributed by atoms with E-state index in [-0.39, 0.29) is 23.5 Å². The number of amides is 1. The monoisotopic (exact) mass is 373 g/mol. The molecule has 0 saturated carbocycles. The maximum atomic E-state index is 13.3. The lowest BCUT2D eigenvalue weighted by molar-refractivity contribution is -0.120. The SMILES string of the molecule is O=C(Nc1ccc(F)cc1)C1CCN(c2nc3ccc(F)cc3s2)CC1. The molecular formula is C19H17F2N3OS. The summed E-state index contributed by atoms with van der Waals surface area (Å²) in [5.74, 6) is -0.707. The molecule has 0 bridgehead atoms. The van der Waals surface area contributed by atoms with Crippen LogP contribution in [0.25, 0.3) is 10.2 Å². The van der Waals surface area contributed by atoms with E-state index in [2.05, 4.69) is 15.2 Å². The summed E-state index contributed by atoms with van der Waals surface area (Å²) in [5.41, 5.74) is 1.40. The zero-order valence-electron chi connectivity index (χ0n) is 13.9. The standard InChI is InChI=1S/C19H17F2N3OS/c20-13-1-4-15(5-2-13)22-18(25)12-7-9-24(10-8-12)19-23-16-6-3-14(21)11-17(16)26-19/h1-6,11-12H,7-10H2,(H,22,25). The van der Waals surface area contributed by atoms with Gasteiger partial charge in [0.2, 0.25) is 5.91 Å². The first kappa shape index (κ1) is 16.9. The van der Waals surface area contributed by atoms with E-state index in [1.54, 1.807) is 18.2 Å². The van der Waals surface area contributed by atoms with Gasteiger partial charge in [0.25, 0.3) is 0 Å². The van der Waals surface area contributed by atoms with Crippen LogP contribution in [0.5, 0.6) is 0 Å². The van der Waals surface area contributed by atoms with Gasteiger partial charge < -0.3 is 10.2 Å². The minimum absolute atomic E-state index is 0.0392. The fourth-order valence-electron chi connectivity index (χ4n) is 3.13. The van der Waals surface area contributed by atoms with E-state index < -0.39 is 0 Å². The number of nitrogens with one attached hydrogen (secondary N) is 1. The van der Waals surface area contributed by atoms with E-state index in [1.165, 1.54) is 35.6 Å². The lowest BCUT2D eigenvalue weighted by Gasteiger charge is -2.31. The summed E-state index contributed by atoms with van der Waals surface area (Å²) in [6.45, 7) is 1.45. The van der Waals surface area contributed by atoms with Crippen LogP contribution in [0.15, 0.2) is 42.5 Å². The zero-order chi connectivity index (χ0) is 18.1. The zero-order valence-corrected chi connectivity index (χ0v) is 14.7. The number of anilines is 2. The molecule has 134 valence electrons. The number of aromatic nitrogens is 1. The van der Waals surface area contributed by atoms with Crippen molar-refractivity contribution in [3.63, 3.8) is 0 Å². The third kappa shape index (κ3) is 3.53. The number of carbonyl (C=O) groups is 1. The van der Waals surface area contributed by atoms with Crippen LogP contribution in [0.1, 0.15) is 12.8 Å². The summed E-state index contributed by atoms with van der Waals surface area (Å²) in [4.78, 5) is 19.1. The molecule has 0 unspecified atom stereocenters. The molecule has 0 radical (unpaired) electrons. The second kappa shape index (κ2) is 6.99. The summed E-state index contributed by atoms with van der Waals surface area (Å²) in [7, 11) is 0. The van der Waals surface area contributed by atoms with Crippen LogP contribution >= 0.6 is 11.3 Å². The highest BCUT2D eigenvalue weighted by molar-refractivity contribution is 7.22. The number of benzene rings is 2. The molecule has 1 aromatic heterocycles. The summed E-state index contributed by atoms with van der Waals surface area (Å²) in [6.07, 6.45) is 1.44. The smallest absolute Gasteiger partial charge is 0.227 e. The first-order valence-corrected chi connectivity index (χ1v) is 9.27. The normalized spacial score (nSPS) is 15.4.